The first-order valence-corrected chi connectivity index (χ1v) is 9.37. The first-order chi connectivity index (χ1) is 13.3. The highest BCUT2D eigenvalue weighted by molar-refractivity contribution is 7.14. The summed E-state index contributed by atoms with van der Waals surface area (Å²) in [5, 5.41) is 9.05. The van der Waals surface area contributed by atoms with E-state index in [9.17, 15) is 18.0 Å². The molecule has 0 saturated carbocycles. The van der Waals surface area contributed by atoms with Crippen molar-refractivity contribution in [1.29, 1.82) is 0 Å². The van der Waals surface area contributed by atoms with Crippen LogP contribution in [-0.2, 0) is 6.18 Å². The number of ether oxygens (including phenoxy) is 1. The molecule has 1 N–H and O–H groups in total. The molecule has 0 aliphatic heterocycles. The molecule has 1 atom stereocenters. The average molecular weight is 406 g/mol. The topological polar surface area (TPSA) is 46.5 Å². The Bertz CT molecular complexity index is 944. The van der Waals surface area contributed by atoms with Crippen LogP contribution in [0.3, 0.4) is 0 Å². The third kappa shape index (κ3) is 4.54. The first-order valence-electron chi connectivity index (χ1n) is 8.55. The molecule has 0 saturated heterocycles. The van der Waals surface area contributed by atoms with Crippen LogP contribution in [0.15, 0.2) is 60.7 Å². The van der Waals surface area contributed by atoms with Crippen molar-refractivity contribution >= 4 is 17.3 Å². The highest BCUT2D eigenvalue weighted by atomic mass is 32.1. The number of benzene rings is 2. The van der Waals surface area contributed by atoms with E-state index in [1.807, 2.05) is 6.92 Å². The van der Waals surface area contributed by atoms with Crippen molar-refractivity contribution in [3.8, 4) is 16.9 Å². The van der Waals surface area contributed by atoms with E-state index < -0.39 is 17.7 Å². The lowest BCUT2D eigenvalue weighted by molar-refractivity contribution is -0.137. The summed E-state index contributed by atoms with van der Waals surface area (Å²) < 4.78 is 44.0. The summed E-state index contributed by atoms with van der Waals surface area (Å²) in [6.07, 6.45) is -3.96. The summed E-state index contributed by atoms with van der Waals surface area (Å²) >= 11 is 1.18. The lowest BCUT2D eigenvalue weighted by atomic mass is 10.0. The summed E-state index contributed by atoms with van der Waals surface area (Å²) in [5.41, 5.74) is 0.771. The minimum Gasteiger partial charge on any atom is -0.485 e. The molecule has 28 heavy (non-hydrogen) atoms. The van der Waals surface area contributed by atoms with Gasteiger partial charge in [-0.3, -0.25) is 0 Å². The van der Waals surface area contributed by atoms with Crippen LogP contribution in [0.25, 0.3) is 11.1 Å². The number of thiophene rings is 1. The third-order valence-electron chi connectivity index (χ3n) is 4.20. The zero-order chi connectivity index (χ0) is 20.3. The molecule has 3 rings (SSSR count). The largest absolute Gasteiger partial charge is 0.485 e. The van der Waals surface area contributed by atoms with Crippen LogP contribution in [-0.4, -0.2) is 11.1 Å². The lowest BCUT2D eigenvalue weighted by Crippen LogP contribution is -2.04. The fourth-order valence-electron chi connectivity index (χ4n) is 2.73. The van der Waals surface area contributed by atoms with Crippen LogP contribution >= 0.6 is 11.3 Å². The van der Waals surface area contributed by atoms with E-state index in [-0.39, 0.29) is 11.0 Å². The van der Waals surface area contributed by atoms with Crippen molar-refractivity contribution in [3.05, 3.63) is 76.0 Å². The maximum Gasteiger partial charge on any atom is 0.416 e. The van der Waals surface area contributed by atoms with E-state index >= 15 is 0 Å². The molecule has 0 aliphatic carbocycles. The van der Waals surface area contributed by atoms with Gasteiger partial charge < -0.3 is 9.84 Å². The predicted octanol–water partition coefficient (Wildman–Crippen LogP) is 6.66. The van der Waals surface area contributed by atoms with Crippen molar-refractivity contribution in [1.82, 2.24) is 0 Å². The highest BCUT2D eigenvalue weighted by Gasteiger charge is 2.29. The van der Waals surface area contributed by atoms with Gasteiger partial charge in [0.05, 0.1) is 5.56 Å². The molecule has 1 heterocycles. The molecular formula is C21H17F3O3S. The normalized spacial score (nSPS) is 12.6. The van der Waals surface area contributed by atoms with Crippen molar-refractivity contribution in [2.75, 3.05) is 0 Å². The SMILES string of the molecule is CC[C@@H](Oc1ccc(-c2ccc(C(F)(F)F)cc2)cc1)c1ccc(C(=O)O)s1. The van der Waals surface area contributed by atoms with E-state index in [2.05, 4.69) is 0 Å². The Morgan fingerprint density at radius 2 is 1.57 bits per heavy atom. The smallest absolute Gasteiger partial charge is 0.416 e. The second-order valence-electron chi connectivity index (χ2n) is 6.12. The van der Waals surface area contributed by atoms with Crippen molar-refractivity contribution in [3.63, 3.8) is 0 Å². The van der Waals surface area contributed by atoms with Gasteiger partial charge in [0.2, 0.25) is 0 Å². The Balaban J connectivity index is 1.73. The van der Waals surface area contributed by atoms with E-state index in [0.717, 1.165) is 22.6 Å². The van der Waals surface area contributed by atoms with E-state index in [0.29, 0.717) is 17.7 Å². The van der Waals surface area contributed by atoms with Crippen molar-refractivity contribution < 1.29 is 27.8 Å². The maximum absolute atomic E-state index is 12.7. The molecule has 146 valence electrons. The van der Waals surface area contributed by atoms with Gasteiger partial charge in [-0.05, 0) is 53.9 Å². The number of carbonyl (C=O) groups is 1. The molecule has 1 aromatic heterocycles. The lowest BCUT2D eigenvalue weighted by Gasteiger charge is -2.16. The number of carboxylic acid groups (broad SMARTS) is 1. The van der Waals surface area contributed by atoms with Gasteiger partial charge in [0.15, 0.2) is 0 Å². The van der Waals surface area contributed by atoms with Gasteiger partial charge in [-0.15, -0.1) is 11.3 Å². The summed E-state index contributed by atoms with van der Waals surface area (Å²) in [6.45, 7) is 1.95. The Morgan fingerprint density at radius 3 is 2.04 bits per heavy atom. The van der Waals surface area contributed by atoms with E-state index in [4.69, 9.17) is 9.84 Å². The second kappa shape index (κ2) is 8.06. The maximum atomic E-state index is 12.7. The van der Waals surface area contributed by atoms with Gasteiger partial charge in [-0.2, -0.15) is 13.2 Å². The minimum atomic E-state index is -4.35. The van der Waals surface area contributed by atoms with Gasteiger partial charge in [0.25, 0.3) is 0 Å². The quantitative estimate of drug-likeness (QED) is 0.498. The molecule has 0 aliphatic rings. The zero-order valence-electron chi connectivity index (χ0n) is 14.9. The zero-order valence-corrected chi connectivity index (χ0v) is 15.7. The number of halogens is 3. The molecule has 0 fully saturated rings. The number of rotatable bonds is 6. The minimum absolute atomic E-state index is 0.259. The molecule has 3 aromatic rings. The fraction of sp³-hybridized carbons (Fsp3) is 0.190. The van der Waals surface area contributed by atoms with Gasteiger partial charge in [-0.1, -0.05) is 31.2 Å². The average Bonchev–Trinajstić information content (AvgIpc) is 3.16. The van der Waals surface area contributed by atoms with Crippen molar-refractivity contribution in [2.45, 2.75) is 25.6 Å². The molecule has 7 heteroatoms. The molecule has 0 bridgehead atoms. The summed E-state index contributed by atoms with van der Waals surface area (Å²) in [5.74, 6) is -0.361. The number of aromatic carboxylic acids is 1. The molecule has 0 spiro atoms. The Hall–Kier alpha value is -2.80. The summed E-state index contributed by atoms with van der Waals surface area (Å²) in [6, 6.07) is 15.4. The van der Waals surface area contributed by atoms with Crippen LogP contribution in [0, 0.1) is 0 Å². The van der Waals surface area contributed by atoms with Gasteiger partial charge >= 0.3 is 12.1 Å². The molecule has 2 aromatic carbocycles. The van der Waals surface area contributed by atoms with Crippen LogP contribution in [0.2, 0.25) is 0 Å². The van der Waals surface area contributed by atoms with E-state index in [1.165, 1.54) is 23.5 Å². The standard InChI is InChI=1S/C21H17F3O3S/c1-2-17(18-11-12-19(28-18)20(25)26)27-16-9-5-14(6-10-16)13-3-7-15(8-4-13)21(22,23)24/h3-12,17H,2H2,1H3,(H,25,26)/t17-/m1/s1. The Morgan fingerprint density at radius 1 is 1.00 bits per heavy atom. The Labute approximate surface area is 164 Å². The third-order valence-corrected chi connectivity index (χ3v) is 5.37. The number of carboxylic acids is 1. The van der Waals surface area contributed by atoms with Crippen LogP contribution in [0.1, 0.15) is 39.6 Å². The number of hydrogen-bond acceptors (Lipinski definition) is 3. The molecule has 0 unspecified atom stereocenters. The van der Waals surface area contributed by atoms with Gasteiger partial charge in [0, 0.05) is 4.88 Å². The monoisotopic (exact) mass is 406 g/mol. The molecule has 3 nitrogen and oxygen atoms in total. The summed E-state index contributed by atoms with van der Waals surface area (Å²) in [4.78, 5) is 12.1. The second-order valence-corrected chi connectivity index (χ2v) is 7.24. The molecule has 0 radical (unpaired) electrons. The predicted molar refractivity (Wildman–Crippen MR) is 102 cm³/mol. The highest BCUT2D eigenvalue weighted by Crippen LogP contribution is 2.33. The van der Waals surface area contributed by atoms with Gasteiger partial charge in [0.1, 0.15) is 16.7 Å². The van der Waals surface area contributed by atoms with Crippen LogP contribution in [0.4, 0.5) is 13.2 Å². The van der Waals surface area contributed by atoms with E-state index in [1.54, 1.807) is 36.4 Å². The molecular weight excluding hydrogens is 389 g/mol. The van der Waals surface area contributed by atoms with Crippen LogP contribution < -0.4 is 4.74 Å². The number of alkyl halides is 3. The van der Waals surface area contributed by atoms with Crippen molar-refractivity contribution in [2.24, 2.45) is 0 Å². The fourth-order valence-corrected chi connectivity index (χ4v) is 3.68. The van der Waals surface area contributed by atoms with Crippen LogP contribution in [0.5, 0.6) is 5.75 Å². The summed E-state index contributed by atoms with van der Waals surface area (Å²) in [7, 11) is 0. The molecule has 0 amide bonds. The Kier molecular flexibility index (Phi) is 5.74. The first kappa shape index (κ1) is 19.9. The van der Waals surface area contributed by atoms with Gasteiger partial charge in [-0.25, -0.2) is 4.79 Å². The number of hydrogen-bond donors (Lipinski definition) is 1.